The molecule has 19 heavy (non-hydrogen) atoms. The Hall–Kier alpha value is -1.33. The molecule has 1 atom stereocenters. The van der Waals surface area contributed by atoms with Gasteiger partial charge in [0.05, 0.1) is 11.4 Å². The second-order valence-electron chi connectivity index (χ2n) is 4.57. The molecule has 3 nitrogen and oxygen atoms in total. The van der Waals surface area contributed by atoms with Crippen molar-refractivity contribution in [2.45, 2.75) is 26.3 Å². The molecule has 0 aliphatic rings. The number of halogens is 2. The van der Waals surface area contributed by atoms with Crippen molar-refractivity contribution in [2.75, 3.05) is 0 Å². The monoisotopic (exact) mass is 323 g/mol. The van der Waals surface area contributed by atoms with Crippen molar-refractivity contribution in [1.29, 1.82) is 0 Å². The number of benzene rings is 1. The molecule has 1 aromatic carbocycles. The number of nitrogens with zero attached hydrogens (tertiary/aromatic N) is 2. The van der Waals surface area contributed by atoms with Gasteiger partial charge in [0.2, 0.25) is 0 Å². The maximum absolute atomic E-state index is 13.0. The van der Waals surface area contributed by atoms with Crippen molar-refractivity contribution in [3.8, 4) is 0 Å². The third-order valence-corrected chi connectivity index (χ3v) is 3.73. The van der Waals surface area contributed by atoms with E-state index in [1.165, 1.54) is 12.1 Å². The molecule has 2 aromatic rings. The van der Waals surface area contributed by atoms with Gasteiger partial charge >= 0.3 is 0 Å². The molecule has 0 spiro atoms. The first kappa shape index (κ1) is 14.1. The van der Waals surface area contributed by atoms with E-state index in [2.05, 4.69) is 26.1 Å². The average Bonchev–Trinajstić information content (AvgIpc) is 2.35. The lowest BCUT2D eigenvalue weighted by Gasteiger charge is -2.15. The van der Waals surface area contributed by atoms with Gasteiger partial charge in [0.25, 0.3) is 0 Å². The van der Waals surface area contributed by atoms with E-state index in [1.807, 2.05) is 19.9 Å². The van der Waals surface area contributed by atoms with Gasteiger partial charge in [-0.15, -0.1) is 0 Å². The molecule has 0 saturated carbocycles. The van der Waals surface area contributed by atoms with Gasteiger partial charge in [-0.1, -0.05) is 22.0 Å². The van der Waals surface area contributed by atoms with Crippen LogP contribution in [0.15, 0.2) is 28.7 Å². The SMILES string of the molecule is Cc1cc(C(N)Cc2ccc(F)cc2Br)c(C)nn1. The van der Waals surface area contributed by atoms with Crippen LogP contribution in [0.4, 0.5) is 4.39 Å². The molecule has 0 amide bonds. The van der Waals surface area contributed by atoms with Crippen molar-refractivity contribution < 1.29 is 4.39 Å². The summed E-state index contributed by atoms with van der Waals surface area (Å²) in [6, 6.07) is 6.40. The maximum Gasteiger partial charge on any atom is 0.124 e. The molecule has 1 aromatic heterocycles. The van der Waals surface area contributed by atoms with Crippen LogP contribution in [0.2, 0.25) is 0 Å². The van der Waals surface area contributed by atoms with Gasteiger partial charge in [-0.3, -0.25) is 0 Å². The normalized spacial score (nSPS) is 12.5. The van der Waals surface area contributed by atoms with Gasteiger partial charge in [0, 0.05) is 10.5 Å². The summed E-state index contributed by atoms with van der Waals surface area (Å²) >= 11 is 3.36. The quantitative estimate of drug-likeness (QED) is 0.943. The fraction of sp³-hybridized carbons (Fsp3) is 0.286. The molecule has 0 saturated heterocycles. The van der Waals surface area contributed by atoms with Crippen molar-refractivity contribution in [3.63, 3.8) is 0 Å². The molecule has 0 fully saturated rings. The summed E-state index contributed by atoms with van der Waals surface area (Å²) < 4.78 is 13.8. The lowest BCUT2D eigenvalue weighted by atomic mass is 9.98. The molecule has 2 rings (SSSR count). The predicted molar refractivity (Wildman–Crippen MR) is 76.2 cm³/mol. The summed E-state index contributed by atoms with van der Waals surface area (Å²) in [6.45, 7) is 3.78. The highest BCUT2D eigenvalue weighted by molar-refractivity contribution is 9.10. The van der Waals surface area contributed by atoms with E-state index in [4.69, 9.17) is 5.73 Å². The molecule has 1 unspecified atom stereocenters. The maximum atomic E-state index is 13.0. The van der Waals surface area contributed by atoms with E-state index in [9.17, 15) is 4.39 Å². The fourth-order valence-electron chi connectivity index (χ4n) is 1.98. The van der Waals surface area contributed by atoms with Crippen molar-refractivity contribution in [1.82, 2.24) is 10.2 Å². The lowest BCUT2D eigenvalue weighted by Crippen LogP contribution is -2.16. The van der Waals surface area contributed by atoms with E-state index in [0.29, 0.717) is 6.42 Å². The molecule has 5 heteroatoms. The summed E-state index contributed by atoms with van der Waals surface area (Å²) in [4.78, 5) is 0. The molecule has 100 valence electrons. The van der Waals surface area contributed by atoms with Gasteiger partial charge in [-0.25, -0.2) is 4.39 Å². The Morgan fingerprint density at radius 1 is 1.26 bits per heavy atom. The van der Waals surface area contributed by atoms with Crippen LogP contribution < -0.4 is 5.73 Å². The summed E-state index contributed by atoms with van der Waals surface area (Å²) in [5.74, 6) is -0.262. The van der Waals surface area contributed by atoms with Crippen LogP contribution in [-0.4, -0.2) is 10.2 Å². The second kappa shape index (κ2) is 5.75. The van der Waals surface area contributed by atoms with E-state index in [0.717, 1.165) is 27.0 Å². The zero-order valence-corrected chi connectivity index (χ0v) is 12.4. The molecular formula is C14H15BrFN3. The van der Waals surface area contributed by atoms with Gasteiger partial charge < -0.3 is 5.73 Å². The topological polar surface area (TPSA) is 51.8 Å². The number of rotatable bonds is 3. The minimum Gasteiger partial charge on any atom is -0.324 e. The lowest BCUT2D eigenvalue weighted by molar-refractivity contribution is 0.624. The Balaban J connectivity index is 2.25. The Morgan fingerprint density at radius 2 is 2.00 bits per heavy atom. The highest BCUT2D eigenvalue weighted by atomic mass is 79.9. The minimum atomic E-state index is -0.262. The van der Waals surface area contributed by atoms with Crippen molar-refractivity contribution in [2.24, 2.45) is 5.73 Å². The highest BCUT2D eigenvalue weighted by Crippen LogP contribution is 2.24. The van der Waals surface area contributed by atoms with Gasteiger partial charge in [0.15, 0.2) is 0 Å². The molecule has 0 radical (unpaired) electrons. The number of nitrogens with two attached hydrogens (primary N) is 1. The van der Waals surface area contributed by atoms with Crippen molar-refractivity contribution >= 4 is 15.9 Å². The van der Waals surface area contributed by atoms with E-state index in [1.54, 1.807) is 6.07 Å². The van der Waals surface area contributed by atoms with Crippen LogP contribution in [-0.2, 0) is 6.42 Å². The van der Waals surface area contributed by atoms with Crippen LogP contribution in [0.1, 0.15) is 28.6 Å². The Bertz CT molecular complexity index is 601. The van der Waals surface area contributed by atoms with E-state index in [-0.39, 0.29) is 11.9 Å². The van der Waals surface area contributed by atoms with Gasteiger partial charge in [0.1, 0.15) is 5.82 Å². The predicted octanol–water partition coefficient (Wildman–Crippen LogP) is 3.24. The smallest absolute Gasteiger partial charge is 0.124 e. The largest absolute Gasteiger partial charge is 0.324 e. The van der Waals surface area contributed by atoms with E-state index >= 15 is 0 Å². The van der Waals surface area contributed by atoms with Crippen LogP contribution in [0.5, 0.6) is 0 Å². The van der Waals surface area contributed by atoms with Crippen molar-refractivity contribution in [3.05, 3.63) is 57.1 Å². The second-order valence-corrected chi connectivity index (χ2v) is 5.43. The van der Waals surface area contributed by atoms with Crippen LogP contribution >= 0.6 is 15.9 Å². The third kappa shape index (κ3) is 3.36. The number of hydrogen-bond acceptors (Lipinski definition) is 3. The first-order valence-electron chi connectivity index (χ1n) is 5.97. The Kier molecular flexibility index (Phi) is 4.27. The average molecular weight is 324 g/mol. The van der Waals surface area contributed by atoms with Gasteiger partial charge in [-0.05, 0) is 49.6 Å². The summed E-state index contributed by atoms with van der Waals surface area (Å²) in [6.07, 6.45) is 0.618. The summed E-state index contributed by atoms with van der Waals surface area (Å²) in [5, 5.41) is 8.07. The zero-order valence-electron chi connectivity index (χ0n) is 10.8. The highest BCUT2D eigenvalue weighted by Gasteiger charge is 2.13. The van der Waals surface area contributed by atoms with E-state index < -0.39 is 0 Å². The molecular weight excluding hydrogens is 309 g/mol. The zero-order chi connectivity index (χ0) is 14.0. The Labute approximate surface area is 120 Å². The first-order valence-corrected chi connectivity index (χ1v) is 6.77. The number of aromatic nitrogens is 2. The van der Waals surface area contributed by atoms with Gasteiger partial charge in [-0.2, -0.15) is 10.2 Å². The minimum absolute atomic E-state index is 0.184. The molecule has 0 aliphatic heterocycles. The molecule has 1 heterocycles. The van der Waals surface area contributed by atoms with Crippen LogP contribution in [0, 0.1) is 19.7 Å². The summed E-state index contributed by atoms with van der Waals surface area (Å²) in [7, 11) is 0. The molecule has 0 bridgehead atoms. The summed E-state index contributed by atoms with van der Waals surface area (Å²) in [5.41, 5.74) is 9.84. The first-order chi connectivity index (χ1) is 8.97. The number of hydrogen-bond donors (Lipinski definition) is 1. The molecule has 2 N–H and O–H groups in total. The fourth-order valence-corrected chi connectivity index (χ4v) is 2.49. The Morgan fingerprint density at radius 3 is 2.68 bits per heavy atom. The number of aryl methyl sites for hydroxylation is 2. The van der Waals surface area contributed by atoms with Crippen LogP contribution in [0.3, 0.4) is 0 Å². The molecule has 0 aliphatic carbocycles. The van der Waals surface area contributed by atoms with Crippen LogP contribution in [0.25, 0.3) is 0 Å². The third-order valence-electron chi connectivity index (χ3n) is 2.99. The standard InChI is InChI=1S/C14H15BrFN3/c1-8-5-12(9(2)19-18-8)14(17)6-10-3-4-11(16)7-13(10)15/h3-5,7,14H,6,17H2,1-2H3.